The SMILES string of the molecule is CCOC(=O)[C@@H]1CCC[NH+](Cn2nc(-c3ccc(OCC)cc3)oc2=S)C1. The summed E-state index contributed by atoms with van der Waals surface area (Å²) in [6, 6.07) is 7.58. The van der Waals surface area contributed by atoms with Crippen molar-refractivity contribution in [2.75, 3.05) is 26.3 Å². The van der Waals surface area contributed by atoms with E-state index in [9.17, 15) is 4.79 Å². The summed E-state index contributed by atoms with van der Waals surface area (Å²) in [6.45, 7) is 7.11. The van der Waals surface area contributed by atoms with Gasteiger partial charge in [0.2, 0.25) is 5.89 Å². The zero-order chi connectivity index (χ0) is 19.2. The Hall–Kier alpha value is -2.19. The van der Waals surface area contributed by atoms with Crippen molar-refractivity contribution in [2.45, 2.75) is 33.4 Å². The van der Waals surface area contributed by atoms with Gasteiger partial charge in [0.25, 0.3) is 4.84 Å². The van der Waals surface area contributed by atoms with Crippen LogP contribution < -0.4 is 9.64 Å². The Bertz CT molecular complexity index is 815. The van der Waals surface area contributed by atoms with Crippen LogP contribution in [0.5, 0.6) is 5.75 Å². The summed E-state index contributed by atoms with van der Waals surface area (Å²) < 4.78 is 18.0. The molecule has 1 fully saturated rings. The van der Waals surface area contributed by atoms with Crippen molar-refractivity contribution in [2.24, 2.45) is 5.92 Å². The third-order valence-corrected chi connectivity index (χ3v) is 4.92. The number of aromatic nitrogens is 2. The molecule has 0 radical (unpaired) electrons. The van der Waals surface area contributed by atoms with Crippen LogP contribution in [0.15, 0.2) is 28.7 Å². The number of hydrogen-bond donors (Lipinski definition) is 1. The van der Waals surface area contributed by atoms with Gasteiger partial charge < -0.3 is 18.8 Å². The molecule has 2 atom stereocenters. The van der Waals surface area contributed by atoms with Crippen LogP contribution in [-0.2, 0) is 16.2 Å². The fourth-order valence-electron chi connectivity index (χ4n) is 3.35. The predicted octanol–water partition coefficient (Wildman–Crippen LogP) is 2.09. The van der Waals surface area contributed by atoms with Crippen molar-refractivity contribution < 1.29 is 23.6 Å². The molecule has 1 saturated heterocycles. The normalized spacial score (nSPS) is 19.6. The second kappa shape index (κ2) is 9.14. The summed E-state index contributed by atoms with van der Waals surface area (Å²) in [5, 5.41) is 4.52. The van der Waals surface area contributed by atoms with E-state index >= 15 is 0 Å². The molecule has 3 rings (SSSR count). The molecular weight excluding hydrogens is 366 g/mol. The van der Waals surface area contributed by atoms with Gasteiger partial charge in [-0.2, -0.15) is 4.68 Å². The van der Waals surface area contributed by atoms with Crippen molar-refractivity contribution >= 4 is 18.2 Å². The van der Waals surface area contributed by atoms with E-state index in [2.05, 4.69) is 5.10 Å². The Morgan fingerprint density at radius 3 is 2.81 bits per heavy atom. The van der Waals surface area contributed by atoms with Gasteiger partial charge in [-0.25, -0.2) is 0 Å². The Morgan fingerprint density at radius 2 is 2.11 bits per heavy atom. The van der Waals surface area contributed by atoms with E-state index in [1.165, 1.54) is 4.90 Å². The predicted molar refractivity (Wildman–Crippen MR) is 102 cm³/mol. The summed E-state index contributed by atoms with van der Waals surface area (Å²) in [6.07, 6.45) is 1.86. The first-order valence-corrected chi connectivity index (χ1v) is 9.83. The van der Waals surface area contributed by atoms with Gasteiger partial charge in [-0.15, -0.1) is 5.10 Å². The Morgan fingerprint density at radius 1 is 1.33 bits per heavy atom. The molecule has 1 aliphatic heterocycles. The molecule has 1 aromatic heterocycles. The topological polar surface area (TPSA) is 70.9 Å². The van der Waals surface area contributed by atoms with Gasteiger partial charge in [-0.1, -0.05) is 0 Å². The minimum Gasteiger partial charge on any atom is -0.494 e. The number of carbonyl (C=O) groups excluding carboxylic acids is 1. The number of hydrogen-bond acceptors (Lipinski definition) is 6. The molecule has 2 aromatic rings. The molecule has 8 heteroatoms. The standard InChI is InChI=1S/C19H25N3O4S/c1-3-24-16-9-7-14(8-10-16)17-20-22(19(27)26-17)13-21-11-5-6-15(12-21)18(23)25-4-2/h7-10,15H,3-6,11-13H2,1-2H3/p+1/t15-/m1/s1. The molecule has 1 N–H and O–H groups in total. The second-order valence-corrected chi connectivity index (χ2v) is 6.93. The lowest BCUT2D eigenvalue weighted by Gasteiger charge is -2.28. The molecule has 2 heterocycles. The van der Waals surface area contributed by atoms with Gasteiger partial charge >= 0.3 is 5.97 Å². The molecular formula is C19H26N3O4S+. The number of benzene rings is 1. The van der Waals surface area contributed by atoms with E-state index in [4.69, 9.17) is 26.1 Å². The minimum absolute atomic E-state index is 0.0552. The van der Waals surface area contributed by atoms with Crippen molar-refractivity contribution in [1.82, 2.24) is 9.78 Å². The maximum Gasteiger partial charge on any atom is 0.314 e. The van der Waals surface area contributed by atoms with Crippen molar-refractivity contribution in [1.29, 1.82) is 0 Å². The van der Waals surface area contributed by atoms with E-state index in [0.29, 0.717) is 30.6 Å². The number of nitrogens with zero attached hydrogens (tertiary/aromatic N) is 2. The highest BCUT2D eigenvalue weighted by Crippen LogP contribution is 2.21. The Labute approximate surface area is 163 Å². The van der Waals surface area contributed by atoms with Crippen molar-refractivity contribution in [3.8, 4) is 17.2 Å². The first kappa shape index (κ1) is 19.6. The molecule has 7 nitrogen and oxygen atoms in total. The molecule has 0 aliphatic carbocycles. The highest BCUT2D eigenvalue weighted by Gasteiger charge is 2.30. The first-order valence-electron chi connectivity index (χ1n) is 9.42. The summed E-state index contributed by atoms with van der Waals surface area (Å²) in [4.78, 5) is 13.6. The molecule has 1 unspecified atom stereocenters. The quantitative estimate of drug-likeness (QED) is 0.575. The molecule has 27 heavy (non-hydrogen) atoms. The van der Waals surface area contributed by atoms with Crippen LogP contribution in [0, 0.1) is 10.8 Å². The first-order chi connectivity index (χ1) is 13.1. The van der Waals surface area contributed by atoms with Gasteiger partial charge in [-0.3, -0.25) is 4.79 Å². The number of likely N-dealkylation sites (tertiary alicyclic amines) is 1. The maximum atomic E-state index is 12.0. The van der Waals surface area contributed by atoms with Crippen LogP contribution >= 0.6 is 12.2 Å². The number of ether oxygens (including phenoxy) is 2. The van der Waals surface area contributed by atoms with Crippen molar-refractivity contribution in [3.05, 3.63) is 29.1 Å². The van der Waals surface area contributed by atoms with E-state index in [-0.39, 0.29) is 11.9 Å². The number of carbonyl (C=O) groups is 1. The summed E-state index contributed by atoms with van der Waals surface area (Å²) in [7, 11) is 0. The summed E-state index contributed by atoms with van der Waals surface area (Å²) in [5.74, 6) is 1.14. The number of piperidine rings is 1. The third-order valence-electron chi connectivity index (χ3n) is 4.63. The molecule has 0 spiro atoms. The zero-order valence-electron chi connectivity index (χ0n) is 15.8. The lowest BCUT2D eigenvalue weighted by Crippen LogP contribution is -3.13. The monoisotopic (exact) mass is 392 g/mol. The maximum absolute atomic E-state index is 12.0. The Balaban J connectivity index is 1.67. The van der Waals surface area contributed by atoms with Gasteiger partial charge in [0.05, 0.1) is 26.3 Å². The zero-order valence-corrected chi connectivity index (χ0v) is 16.6. The van der Waals surface area contributed by atoms with Gasteiger partial charge in [0.15, 0.2) is 6.67 Å². The van der Waals surface area contributed by atoms with Crippen LogP contribution in [0.3, 0.4) is 0 Å². The van der Waals surface area contributed by atoms with E-state index in [1.807, 2.05) is 38.1 Å². The summed E-state index contributed by atoms with van der Waals surface area (Å²) >= 11 is 5.34. The number of quaternary nitrogens is 1. The molecule has 146 valence electrons. The number of rotatable bonds is 7. The third kappa shape index (κ3) is 4.95. The van der Waals surface area contributed by atoms with Gasteiger partial charge in [-0.05, 0) is 63.2 Å². The highest BCUT2D eigenvalue weighted by atomic mass is 32.1. The van der Waals surface area contributed by atoms with Crippen LogP contribution in [0.1, 0.15) is 26.7 Å². The fourth-order valence-corrected chi connectivity index (χ4v) is 3.54. The smallest absolute Gasteiger partial charge is 0.314 e. The molecule has 0 bridgehead atoms. The average Bonchev–Trinajstić information content (AvgIpc) is 3.03. The summed E-state index contributed by atoms with van der Waals surface area (Å²) in [5.41, 5.74) is 0.848. The average molecular weight is 393 g/mol. The molecule has 0 saturated carbocycles. The van der Waals surface area contributed by atoms with Crippen LogP contribution in [0.25, 0.3) is 11.5 Å². The van der Waals surface area contributed by atoms with Gasteiger partial charge in [0, 0.05) is 5.56 Å². The minimum atomic E-state index is -0.103. The molecule has 1 aliphatic rings. The largest absolute Gasteiger partial charge is 0.494 e. The van der Waals surface area contributed by atoms with Crippen molar-refractivity contribution in [3.63, 3.8) is 0 Å². The number of esters is 1. The van der Waals surface area contributed by atoms with E-state index < -0.39 is 0 Å². The lowest BCUT2D eigenvalue weighted by atomic mass is 9.99. The lowest BCUT2D eigenvalue weighted by molar-refractivity contribution is -0.930. The van der Waals surface area contributed by atoms with E-state index in [0.717, 1.165) is 37.2 Å². The van der Waals surface area contributed by atoms with Crippen LogP contribution in [-0.4, -0.2) is 42.1 Å². The number of nitrogens with one attached hydrogen (secondary N) is 1. The van der Waals surface area contributed by atoms with Crippen LogP contribution in [0.2, 0.25) is 0 Å². The van der Waals surface area contributed by atoms with Crippen LogP contribution in [0.4, 0.5) is 0 Å². The van der Waals surface area contributed by atoms with E-state index in [1.54, 1.807) is 4.68 Å². The molecule has 1 aromatic carbocycles. The fraction of sp³-hybridized carbons (Fsp3) is 0.526. The Kier molecular flexibility index (Phi) is 6.63. The second-order valence-electron chi connectivity index (χ2n) is 6.58. The molecule has 0 amide bonds. The van der Waals surface area contributed by atoms with Gasteiger partial charge in [0.1, 0.15) is 11.7 Å². The highest BCUT2D eigenvalue weighted by molar-refractivity contribution is 7.71.